The maximum atomic E-state index is 9.83. The molecule has 0 atom stereocenters. The molecule has 0 aromatic heterocycles. The Kier molecular flexibility index (Phi) is 15.3. The average Bonchev–Trinajstić information content (AvgIpc) is 2.10. The van der Waals surface area contributed by atoms with Crippen molar-refractivity contribution in [2.45, 2.75) is 39.5 Å². The molecule has 0 unspecified atom stereocenters. The summed E-state index contributed by atoms with van der Waals surface area (Å²) >= 11 is 0. The van der Waals surface area contributed by atoms with Crippen molar-refractivity contribution >= 4 is 20.2 Å². The van der Waals surface area contributed by atoms with E-state index in [1.807, 2.05) is 13.8 Å². The Morgan fingerprint density at radius 2 is 1.00 bits per heavy atom. The van der Waals surface area contributed by atoms with Crippen LogP contribution >= 0.6 is 0 Å². The van der Waals surface area contributed by atoms with Crippen LogP contribution in [-0.4, -0.2) is 37.4 Å². The molecule has 9 heteroatoms. The third kappa shape index (κ3) is 31.5. The summed E-state index contributed by atoms with van der Waals surface area (Å²) in [5.74, 6) is -0.438. The summed E-state index contributed by atoms with van der Waals surface area (Å²) in [4.78, 5) is 0. The Labute approximate surface area is 116 Å². The molecule has 0 rings (SSSR count). The fraction of sp³-hybridized carbons (Fsp3) is 1.00. The molecule has 0 heterocycles. The van der Waals surface area contributed by atoms with Gasteiger partial charge in [0.05, 0.1) is 20.2 Å². The van der Waals surface area contributed by atoms with Crippen molar-refractivity contribution in [3.8, 4) is 0 Å². The van der Waals surface area contributed by atoms with Crippen LogP contribution in [0.25, 0.3) is 0 Å². The van der Waals surface area contributed by atoms with Crippen molar-refractivity contribution in [2.24, 2.45) is 0 Å². The van der Waals surface area contributed by atoms with Crippen LogP contribution in [-0.2, 0) is 39.7 Å². The average molecular weight is 340 g/mol. The summed E-state index contributed by atoms with van der Waals surface area (Å²) in [6.45, 7) is 3.68. The first kappa shape index (κ1) is 22.6. The number of hydrogen-bond donors (Lipinski definition) is 0. The molecule has 0 fully saturated rings. The molecule has 6 nitrogen and oxygen atoms in total. The fourth-order valence-corrected chi connectivity index (χ4v) is 1.93. The second kappa shape index (κ2) is 11.5. The molecule has 0 bridgehead atoms. The van der Waals surface area contributed by atoms with Crippen LogP contribution in [0.1, 0.15) is 39.5 Å². The van der Waals surface area contributed by atoms with Crippen molar-refractivity contribution in [3.05, 3.63) is 0 Å². The van der Waals surface area contributed by atoms with Gasteiger partial charge in [-0.3, -0.25) is 0 Å². The Hall–Kier alpha value is 0.443. The number of hydrogen-bond acceptors (Lipinski definition) is 6. The molecule has 0 aliphatic rings. The van der Waals surface area contributed by atoms with E-state index in [1.54, 1.807) is 0 Å². The summed E-state index contributed by atoms with van der Waals surface area (Å²) in [5.41, 5.74) is 0. The monoisotopic (exact) mass is 338 g/mol. The molecule has 0 aliphatic heterocycles. The summed E-state index contributed by atoms with van der Waals surface area (Å²) in [7, 11) is -7.87. The molecule has 100 valence electrons. The maximum Gasteiger partial charge on any atom is 2.00 e. The van der Waals surface area contributed by atoms with Gasteiger partial charge in [-0.2, -0.15) is 0 Å². The molecule has 0 N–H and O–H groups in total. The number of rotatable bonds is 6. The Balaban J connectivity index is -0.000000218. The van der Waals surface area contributed by atoms with Crippen molar-refractivity contribution in [1.82, 2.24) is 0 Å². The quantitative estimate of drug-likeness (QED) is 0.518. The van der Waals surface area contributed by atoms with Gasteiger partial charge in [0.15, 0.2) is 0 Å². The van der Waals surface area contributed by atoms with Crippen LogP contribution in [0.5, 0.6) is 0 Å². The zero-order valence-corrected chi connectivity index (χ0v) is 14.8. The summed E-state index contributed by atoms with van der Waals surface area (Å²) in [6, 6.07) is 0. The zero-order valence-electron chi connectivity index (χ0n) is 10.2. The van der Waals surface area contributed by atoms with Gasteiger partial charge in [0.2, 0.25) is 0 Å². The predicted molar refractivity (Wildman–Crippen MR) is 58.9 cm³/mol. The van der Waals surface area contributed by atoms with Gasteiger partial charge in [-0.1, -0.05) is 26.7 Å². The molecule has 0 saturated carbocycles. The molecule has 17 heavy (non-hydrogen) atoms. The van der Waals surface area contributed by atoms with E-state index in [2.05, 4.69) is 0 Å². The molecular formula is C8H18O6S2Zn. The van der Waals surface area contributed by atoms with E-state index in [0.717, 1.165) is 12.8 Å². The zero-order chi connectivity index (χ0) is 13.2. The largest absolute Gasteiger partial charge is 2.00 e. The minimum absolute atomic E-state index is 0. The molecule has 0 aromatic rings. The van der Waals surface area contributed by atoms with E-state index in [-0.39, 0.29) is 31.0 Å². The Bertz CT molecular complexity index is 312. The second-order valence-corrected chi connectivity index (χ2v) is 6.28. The van der Waals surface area contributed by atoms with Crippen LogP contribution in [0, 0.1) is 0 Å². The Morgan fingerprint density at radius 1 is 0.765 bits per heavy atom. The second-order valence-electron chi connectivity index (χ2n) is 3.23. The van der Waals surface area contributed by atoms with Crippen molar-refractivity contribution in [3.63, 3.8) is 0 Å². The Morgan fingerprint density at radius 3 is 1.06 bits per heavy atom. The minimum atomic E-state index is -3.94. The van der Waals surface area contributed by atoms with Crippen LogP contribution in [0.15, 0.2) is 0 Å². The van der Waals surface area contributed by atoms with Gasteiger partial charge in [0, 0.05) is 11.5 Å². The van der Waals surface area contributed by atoms with Crippen molar-refractivity contribution in [2.75, 3.05) is 11.5 Å². The van der Waals surface area contributed by atoms with Crippen molar-refractivity contribution in [1.29, 1.82) is 0 Å². The van der Waals surface area contributed by atoms with Gasteiger partial charge in [0.1, 0.15) is 0 Å². The molecule has 0 spiro atoms. The molecule has 0 aliphatic carbocycles. The third-order valence-electron chi connectivity index (χ3n) is 1.50. The van der Waals surface area contributed by atoms with E-state index in [4.69, 9.17) is 0 Å². The van der Waals surface area contributed by atoms with E-state index >= 15 is 0 Å². The fourth-order valence-electron chi connectivity index (χ4n) is 0.642. The van der Waals surface area contributed by atoms with E-state index in [0.29, 0.717) is 12.8 Å². The standard InChI is InChI=1S/2C4H10O3S.Zn/c2*1-2-3-4-8(5,6)7;/h2*2-4H2,1H3,(H,5,6,7);/q;;+2/p-2. The van der Waals surface area contributed by atoms with Gasteiger partial charge in [-0.15, -0.1) is 0 Å². The van der Waals surface area contributed by atoms with E-state index in [9.17, 15) is 25.9 Å². The molecular weight excluding hydrogens is 322 g/mol. The van der Waals surface area contributed by atoms with Gasteiger partial charge in [-0.25, -0.2) is 16.8 Å². The molecule has 0 aromatic carbocycles. The molecule has 0 saturated heterocycles. The van der Waals surface area contributed by atoms with Gasteiger partial charge in [-0.05, 0) is 12.8 Å². The molecule has 0 amide bonds. The predicted octanol–water partition coefficient (Wildman–Crippen LogP) is 0.661. The summed E-state index contributed by atoms with van der Waals surface area (Å²) < 4.78 is 59.0. The van der Waals surface area contributed by atoms with Crippen LogP contribution in [0.2, 0.25) is 0 Å². The van der Waals surface area contributed by atoms with Crippen LogP contribution in [0.4, 0.5) is 0 Å². The van der Waals surface area contributed by atoms with Gasteiger partial charge in [0.25, 0.3) is 0 Å². The van der Waals surface area contributed by atoms with Gasteiger partial charge >= 0.3 is 19.5 Å². The SMILES string of the molecule is CCCCS(=O)(=O)[O-].CCCCS(=O)(=O)[O-].[Zn+2]. The normalized spacial score (nSPS) is 11.1. The first-order valence-corrected chi connectivity index (χ1v) is 8.15. The number of unbranched alkanes of at least 4 members (excludes halogenated alkanes) is 2. The maximum absolute atomic E-state index is 9.83. The topological polar surface area (TPSA) is 114 Å². The summed E-state index contributed by atoms with van der Waals surface area (Å²) in [6.07, 6.45) is 2.46. The summed E-state index contributed by atoms with van der Waals surface area (Å²) in [5, 5.41) is 0. The van der Waals surface area contributed by atoms with Gasteiger partial charge < -0.3 is 9.11 Å². The molecule has 0 radical (unpaired) electrons. The van der Waals surface area contributed by atoms with Crippen molar-refractivity contribution < 1.29 is 45.4 Å². The first-order chi connectivity index (χ1) is 7.12. The van der Waals surface area contributed by atoms with E-state index < -0.39 is 20.2 Å². The van der Waals surface area contributed by atoms with Crippen LogP contribution < -0.4 is 0 Å². The third-order valence-corrected chi connectivity index (χ3v) is 3.07. The first-order valence-electron chi connectivity index (χ1n) is 4.99. The minimum Gasteiger partial charge on any atom is -0.748 e. The smallest absolute Gasteiger partial charge is 0.748 e. The van der Waals surface area contributed by atoms with E-state index in [1.165, 1.54) is 0 Å². The van der Waals surface area contributed by atoms with Crippen LogP contribution in [0.3, 0.4) is 0 Å².